The van der Waals surface area contributed by atoms with Crippen molar-refractivity contribution >= 4 is 5.71 Å². The zero-order chi connectivity index (χ0) is 10.1. The second-order valence-corrected chi connectivity index (χ2v) is 4.85. The van der Waals surface area contributed by atoms with Crippen LogP contribution in [0.15, 0.2) is 5.16 Å². The van der Waals surface area contributed by atoms with E-state index in [4.69, 9.17) is 5.21 Å². The van der Waals surface area contributed by atoms with Crippen LogP contribution in [-0.2, 0) is 0 Å². The predicted molar refractivity (Wildman–Crippen MR) is 56.9 cm³/mol. The van der Waals surface area contributed by atoms with Gasteiger partial charge in [-0.1, -0.05) is 11.6 Å². The quantitative estimate of drug-likeness (QED) is 0.515. The zero-order valence-corrected chi connectivity index (χ0v) is 9.11. The Morgan fingerprint density at radius 1 is 1.29 bits per heavy atom. The van der Waals surface area contributed by atoms with Crippen LogP contribution in [0.3, 0.4) is 0 Å². The van der Waals surface area contributed by atoms with E-state index in [1.807, 2.05) is 0 Å². The predicted octanol–water partition coefficient (Wildman–Crippen LogP) is 2.24. The van der Waals surface area contributed by atoms with E-state index in [-0.39, 0.29) is 0 Å². The van der Waals surface area contributed by atoms with Crippen LogP contribution in [0.5, 0.6) is 0 Å². The smallest absolute Gasteiger partial charge is 0.0601 e. The molecule has 2 saturated heterocycles. The highest BCUT2D eigenvalue weighted by molar-refractivity contribution is 5.85. The van der Waals surface area contributed by atoms with Crippen molar-refractivity contribution < 1.29 is 5.21 Å². The molecule has 2 rings (SSSR count). The maximum Gasteiger partial charge on any atom is 0.0601 e. The first-order chi connectivity index (χ1) is 6.72. The molecular weight excluding hydrogens is 176 g/mol. The summed E-state index contributed by atoms with van der Waals surface area (Å²) in [5.41, 5.74) is 1.01. The summed E-state index contributed by atoms with van der Waals surface area (Å²) >= 11 is 0. The van der Waals surface area contributed by atoms with Gasteiger partial charge < -0.3 is 5.21 Å². The molecule has 0 saturated carbocycles. The monoisotopic (exact) mass is 196 g/mol. The van der Waals surface area contributed by atoms with Gasteiger partial charge in [0.05, 0.1) is 5.71 Å². The largest absolute Gasteiger partial charge is 0.411 e. The molecule has 0 aliphatic carbocycles. The first kappa shape index (κ1) is 9.97. The van der Waals surface area contributed by atoms with Crippen LogP contribution in [0.2, 0.25) is 0 Å². The third kappa shape index (κ3) is 1.65. The molecular formula is C11H20N2O. The number of hydrogen-bond donors (Lipinski definition) is 1. The summed E-state index contributed by atoms with van der Waals surface area (Å²) in [7, 11) is 0. The third-order valence-corrected chi connectivity index (χ3v) is 3.60. The van der Waals surface area contributed by atoms with Crippen molar-refractivity contribution in [3.8, 4) is 0 Å². The first-order valence-electron chi connectivity index (χ1n) is 5.69. The Bertz CT molecular complexity index is 221. The van der Waals surface area contributed by atoms with Gasteiger partial charge in [-0.15, -0.1) is 0 Å². The zero-order valence-electron chi connectivity index (χ0n) is 9.11. The summed E-state index contributed by atoms with van der Waals surface area (Å²) < 4.78 is 0. The van der Waals surface area contributed by atoms with Gasteiger partial charge in [0, 0.05) is 31.0 Å². The number of nitrogens with zero attached hydrogens (tertiary/aromatic N) is 2. The van der Waals surface area contributed by atoms with Gasteiger partial charge >= 0.3 is 0 Å². The second-order valence-electron chi connectivity index (χ2n) is 4.85. The van der Waals surface area contributed by atoms with Gasteiger partial charge in [-0.3, -0.25) is 4.90 Å². The SMILES string of the molecule is CC(C)N1C2CCCC1CC(=NO)C2. The van der Waals surface area contributed by atoms with Crippen LogP contribution in [0.4, 0.5) is 0 Å². The van der Waals surface area contributed by atoms with Crippen LogP contribution >= 0.6 is 0 Å². The highest BCUT2D eigenvalue weighted by Crippen LogP contribution is 2.34. The summed E-state index contributed by atoms with van der Waals surface area (Å²) in [6, 6.07) is 1.90. The highest BCUT2D eigenvalue weighted by Gasteiger charge is 2.37. The van der Waals surface area contributed by atoms with E-state index in [1.165, 1.54) is 19.3 Å². The summed E-state index contributed by atoms with van der Waals surface area (Å²) in [6.07, 6.45) is 5.84. The third-order valence-electron chi connectivity index (χ3n) is 3.60. The van der Waals surface area contributed by atoms with Crippen molar-refractivity contribution in [2.45, 2.75) is 64.1 Å². The molecule has 0 aromatic carbocycles. The summed E-state index contributed by atoms with van der Waals surface area (Å²) in [5.74, 6) is 0. The van der Waals surface area contributed by atoms with Gasteiger partial charge in [-0.25, -0.2) is 0 Å². The van der Waals surface area contributed by atoms with Gasteiger partial charge in [-0.2, -0.15) is 0 Å². The fourth-order valence-corrected chi connectivity index (χ4v) is 3.15. The Hall–Kier alpha value is -0.570. The van der Waals surface area contributed by atoms with E-state index in [1.54, 1.807) is 0 Å². The molecule has 14 heavy (non-hydrogen) atoms. The van der Waals surface area contributed by atoms with Gasteiger partial charge in [0.2, 0.25) is 0 Å². The van der Waals surface area contributed by atoms with Gasteiger partial charge in [0.25, 0.3) is 0 Å². The number of fused-ring (bicyclic) bond motifs is 2. The minimum atomic E-state index is 0.630. The molecule has 1 N–H and O–H groups in total. The van der Waals surface area contributed by atoms with Crippen LogP contribution in [0.1, 0.15) is 46.0 Å². The van der Waals surface area contributed by atoms with E-state index in [0.717, 1.165) is 18.6 Å². The number of oxime groups is 1. The van der Waals surface area contributed by atoms with E-state index >= 15 is 0 Å². The lowest BCUT2D eigenvalue weighted by molar-refractivity contribution is 0.0447. The van der Waals surface area contributed by atoms with Crippen LogP contribution in [0.25, 0.3) is 0 Å². The highest BCUT2D eigenvalue weighted by atomic mass is 16.4. The van der Waals surface area contributed by atoms with E-state index in [9.17, 15) is 0 Å². The molecule has 0 aromatic heterocycles. The Balaban J connectivity index is 2.15. The number of piperidine rings is 2. The normalized spacial score (nSPS) is 33.5. The van der Waals surface area contributed by atoms with Crippen LogP contribution in [-0.4, -0.2) is 33.9 Å². The molecule has 3 heteroatoms. The number of hydrogen-bond acceptors (Lipinski definition) is 3. The van der Waals surface area contributed by atoms with Gasteiger partial charge in [0.15, 0.2) is 0 Å². The lowest BCUT2D eigenvalue weighted by atomic mass is 9.82. The minimum Gasteiger partial charge on any atom is -0.411 e. The molecule has 2 unspecified atom stereocenters. The molecule has 2 heterocycles. The molecule has 0 aromatic rings. The maximum atomic E-state index is 8.84. The molecule has 2 bridgehead atoms. The summed E-state index contributed by atoms with van der Waals surface area (Å²) in [5, 5.41) is 12.3. The standard InChI is InChI=1S/C11H20N2O/c1-8(2)13-10-4-3-5-11(13)7-9(6-10)12-14/h8,10-11,14H,3-7H2,1-2H3. The Morgan fingerprint density at radius 2 is 1.86 bits per heavy atom. The summed E-state index contributed by atoms with van der Waals surface area (Å²) in [4.78, 5) is 2.62. The van der Waals surface area contributed by atoms with Crippen molar-refractivity contribution in [2.24, 2.45) is 5.16 Å². The van der Waals surface area contributed by atoms with Crippen molar-refractivity contribution in [1.29, 1.82) is 0 Å². The fourth-order valence-electron chi connectivity index (χ4n) is 3.15. The van der Waals surface area contributed by atoms with Crippen molar-refractivity contribution in [3.05, 3.63) is 0 Å². The fraction of sp³-hybridized carbons (Fsp3) is 0.909. The Morgan fingerprint density at radius 3 is 2.29 bits per heavy atom. The molecule has 2 fully saturated rings. The number of rotatable bonds is 1. The lowest BCUT2D eigenvalue weighted by Crippen LogP contribution is -2.55. The van der Waals surface area contributed by atoms with Crippen molar-refractivity contribution in [1.82, 2.24) is 4.90 Å². The molecule has 0 radical (unpaired) electrons. The average Bonchev–Trinajstić information content (AvgIpc) is 2.15. The topological polar surface area (TPSA) is 35.8 Å². The average molecular weight is 196 g/mol. The van der Waals surface area contributed by atoms with E-state index in [0.29, 0.717) is 18.1 Å². The van der Waals surface area contributed by atoms with Gasteiger partial charge in [0.1, 0.15) is 0 Å². The lowest BCUT2D eigenvalue weighted by Gasteiger charge is -2.48. The molecule has 2 aliphatic rings. The molecule has 0 amide bonds. The van der Waals surface area contributed by atoms with Crippen molar-refractivity contribution in [3.63, 3.8) is 0 Å². The molecule has 0 spiro atoms. The molecule has 2 atom stereocenters. The van der Waals surface area contributed by atoms with E-state index < -0.39 is 0 Å². The van der Waals surface area contributed by atoms with Crippen LogP contribution in [0, 0.1) is 0 Å². The second kappa shape index (κ2) is 3.89. The minimum absolute atomic E-state index is 0.630. The molecule has 2 aliphatic heterocycles. The van der Waals surface area contributed by atoms with Gasteiger partial charge in [-0.05, 0) is 26.7 Å². The first-order valence-corrected chi connectivity index (χ1v) is 5.69. The van der Waals surface area contributed by atoms with Crippen molar-refractivity contribution in [2.75, 3.05) is 0 Å². The maximum absolute atomic E-state index is 8.84. The molecule has 3 nitrogen and oxygen atoms in total. The summed E-state index contributed by atoms with van der Waals surface area (Å²) in [6.45, 7) is 4.54. The Labute approximate surface area is 85.8 Å². The Kier molecular flexibility index (Phi) is 2.77. The molecule has 80 valence electrons. The van der Waals surface area contributed by atoms with E-state index in [2.05, 4.69) is 23.9 Å². The van der Waals surface area contributed by atoms with Crippen LogP contribution < -0.4 is 0 Å².